The number of likely N-dealkylation sites (tertiary alicyclic amines) is 1. The van der Waals surface area contributed by atoms with Crippen LogP contribution in [-0.4, -0.2) is 36.5 Å². The summed E-state index contributed by atoms with van der Waals surface area (Å²) in [7, 11) is 0. The summed E-state index contributed by atoms with van der Waals surface area (Å²) in [5, 5.41) is 6.62. The van der Waals surface area contributed by atoms with Gasteiger partial charge in [0.05, 0.1) is 11.4 Å². The highest BCUT2D eigenvalue weighted by Gasteiger charge is 2.51. The number of nitrogens with zero attached hydrogens (tertiary/aromatic N) is 1. The van der Waals surface area contributed by atoms with Crippen molar-refractivity contribution in [3.63, 3.8) is 0 Å². The van der Waals surface area contributed by atoms with Gasteiger partial charge in [-0.05, 0) is 105 Å². The number of hydrogen-bond acceptors (Lipinski definition) is 4. The van der Waals surface area contributed by atoms with E-state index in [0.29, 0.717) is 28.4 Å². The van der Waals surface area contributed by atoms with E-state index < -0.39 is 0 Å². The summed E-state index contributed by atoms with van der Waals surface area (Å²) >= 11 is 0. The standard InChI is InChI=1S/C29H38N4O.3ClH/c30-26-15-25(6-7-27(26)32-28(34)23-4-2-1-3-5-23)31-24-8-10-33(11-9-24)19-29-16-20-12-21(17-29)14-22(13-20)18-29;;;/h1-7,15,20-22,24,31H,8-14,16-19,30H2,(H,32,34);3*1H. The Morgan fingerprint density at radius 3 is 2.05 bits per heavy atom. The van der Waals surface area contributed by atoms with Crippen LogP contribution in [0.25, 0.3) is 0 Å². The molecule has 0 spiro atoms. The molecule has 7 rings (SSSR count). The van der Waals surface area contributed by atoms with E-state index in [9.17, 15) is 4.79 Å². The number of nitrogen functional groups attached to an aromatic ring is 1. The van der Waals surface area contributed by atoms with Gasteiger partial charge in [0.15, 0.2) is 0 Å². The third kappa shape index (κ3) is 6.68. The van der Waals surface area contributed by atoms with Crippen molar-refractivity contribution in [1.82, 2.24) is 4.90 Å². The van der Waals surface area contributed by atoms with Crippen LogP contribution in [0.2, 0.25) is 0 Å². The van der Waals surface area contributed by atoms with E-state index in [4.69, 9.17) is 5.73 Å². The topological polar surface area (TPSA) is 70.4 Å². The Balaban J connectivity index is 0.00000127. The zero-order valence-electron chi connectivity index (χ0n) is 21.4. The number of nitrogens with two attached hydrogens (primary N) is 1. The van der Waals surface area contributed by atoms with Gasteiger partial charge >= 0.3 is 0 Å². The van der Waals surface area contributed by atoms with Crippen LogP contribution in [0.15, 0.2) is 48.5 Å². The smallest absolute Gasteiger partial charge is 0.255 e. The molecule has 1 saturated heterocycles. The van der Waals surface area contributed by atoms with Crippen molar-refractivity contribution in [2.45, 2.75) is 57.4 Å². The second-order valence-electron chi connectivity index (χ2n) is 11.7. The lowest BCUT2D eigenvalue weighted by atomic mass is 9.49. The molecule has 5 fully saturated rings. The Labute approximate surface area is 239 Å². The quantitative estimate of drug-likeness (QED) is 0.333. The third-order valence-corrected chi connectivity index (χ3v) is 9.02. The fraction of sp³-hybridized carbons (Fsp3) is 0.552. The van der Waals surface area contributed by atoms with Crippen LogP contribution in [0.5, 0.6) is 0 Å². The predicted octanol–water partition coefficient (Wildman–Crippen LogP) is 6.88. The lowest BCUT2D eigenvalue weighted by Crippen LogP contribution is -2.52. The van der Waals surface area contributed by atoms with Crippen molar-refractivity contribution in [2.24, 2.45) is 23.2 Å². The van der Waals surface area contributed by atoms with Gasteiger partial charge in [0, 0.05) is 36.9 Å². The molecule has 1 aliphatic heterocycles. The van der Waals surface area contributed by atoms with Gasteiger partial charge in [0.1, 0.15) is 0 Å². The van der Waals surface area contributed by atoms with Crippen LogP contribution >= 0.6 is 37.2 Å². The summed E-state index contributed by atoms with van der Waals surface area (Å²) in [6, 6.07) is 15.6. The molecule has 2 aromatic rings. The highest BCUT2D eigenvalue weighted by Crippen LogP contribution is 2.60. The molecule has 1 amide bonds. The third-order valence-electron chi connectivity index (χ3n) is 9.02. The molecule has 0 aromatic heterocycles. The van der Waals surface area contributed by atoms with Crippen LogP contribution in [0.3, 0.4) is 0 Å². The number of piperidine rings is 1. The summed E-state index contributed by atoms with van der Waals surface area (Å²) in [6.07, 6.45) is 11.5. The van der Waals surface area contributed by atoms with E-state index in [1.54, 1.807) is 12.1 Å². The number of hydrogen-bond donors (Lipinski definition) is 3. The molecule has 2 aromatic carbocycles. The summed E-state index contributed by atoms with van der Waals surface area (Å²) in [4.78, 5) is 15.2. The second-order valence-corrected chi connectivity index (χ2v) is 11.7. The molecule has 0 atom stereocenters. The molecule has 5 aliphatic rings. The first-order chi connectivity index (χ1) is 16.5. The number of carbonyl (C=O) groups is 1. The molecule has 204 valence electrons. The van der Waals surface area contributed by atoms with E-state index in [0.717, 1.165) is 23.4 Å². The highest BCUT2D eigenvalue weighted by molar-refractivity contribution is 6.05. The van der Waals surface area contributed by atoms with Crippen LogP contribution in [0.4, 0.5) is 17.1 Å². The number of amides is 1. The minimum absolute atomic E-state index is 0. The van der Waals surface area contributed by atoms with E-state index in [1.165, 1.54) is 71.0 Å². The average molecular weight is 568 g/mol. The first-order valence-corrected chi connectivity index (χ1v) is 13.3. The molecule has 4 N–H and O–H groups in total. The van der Waals surface area contributed by atoms with Crippen molar-refractivity contribution >= 4 is 60.2 Å². The highest BCUT2D eigenvalue weighted by atomic mass is 35.5. The summed E-state index contributed by atoms with van der Waals surface area (Å²) in [6.45, 7) is 3.73. The Kier molecular flexibility index (Phi) is 10.1. The van der Waals surface area contributed by atoms with Gasteiger partial charge in [-0.2, -0.15) is 0 Å². The zero-order valence-corrected chi connectivity index (χ0v) is 23.8. The van der Waals surface area contributed by atoms with Crippen molar-refractivity contribution < 1.29 is 4.79 Å². The number of halogens is 3. The average Bonchev–Trinajstić information content (AvgIpc) is 2.81. The number of carbonyl (C=O) groups excluding carboxylic acids is 1. The maximum Gasteiger partial charge on any atom is 0.255 e. The number of benzene rings is 2. The van der Waals surface area contributed by atoms with Crippen molar-refractivity contribution in [2.75, 3.05) is 36.0 Å². The Morgan fingerprint density at radius 1 is 0.892 bits per heavy atom. The molecule has 37 heavy (non-hydrogen) atoms. The molecule has 5 nitrogen and oxygen atoms in total. The molecule has 4 saturated carbocycles. The largest absolute Gasteiger partial charge is 0.397 e. The predicted molar refractivity (Wildman–Crippen MR) is 161 cm³/mol. The molecule has 4 aliphatic carbocycles. The SMILES string of the molecule is Cl.Cl.Cl.Nc1cc(NC2CCN(CC34CC5CC(CC(C5)C3)C4)CC2)ccc1NC(=O)c1ccccc1. The fourth-order valence-electron chi connectivity index (χ4n) is 7.98. The van der Waals surface area contributed by atoms with Crippen LogP contribution in [0, 0.1) is 23.2 Å². The van der Waals surface area contributed by atoms with Gasteiger partial charge in [-0.25, -0.2) is 0 Å². The molecule has 4 bridgehead atoms. The zero-order chi connectivity index (χ0) is 23.1. The Bertz CT molecular complexity index is 1010. The molecular formula is C29H41Cl3N4O. The Morgan fingerprint density at radius 2 is 1.49 bits per heavy atom. The maximum atomic E-state index is 12.4. The van der Waals surface area contributed by atoms with Gasteiger partial charge < -0.3 is 21.3 Å². The summed E-state index contributed by atoms with van der Waals surface area (Å²) in [5.41, 5.74) is 9.83. The van der Waals surface area contributed by atoms with Crippen LogP contribution in [0.1, 0.15) is 61.7 Å². The fourth-order valence-corrected chi connectivity index (χ4v) is 7.98. The molecule has 8 heteroatoms. The molecule has 0 radical (unpaired) electrons. The lowest BCUT2D eigenvalue weighted by Gasteiger charge is -2.58. The monoisotopic (exact) mass is 566 g/mol. The van der Waals surface area contributed by atoms with Crippen LogP contribution in [-0.2, 0) is 0 Å². The summed E-state index contributed by atoms with van der Waals surface area (Å²) in [5.74, 6) is 2.98. The molecule has 0 unspecified atom stereocenters. The van der Waals surface area contributed by atoms with Gasteiger partial charge in [-0.3, -0.25) is 4.79 Å². The van der Waals surface area contributed by atoms with Crippen molar-refractivity contribution in [3.8, 4) is 0 Å². The van der Waals surface area contributed by atoms with Crippen molar-refractivity contribution in [3.05, 3.63) is 54.1 Å². The van der Waals surface area contributed by atoms with E-state index >= 15 is 0 Å². The van der Waals surface area contributed by atoms with E-state index in [-0.39, 0.29) is 43.1 Å². The van der Waals surface area contributed by atoms with Gasteiger partial charge in [0.2, 0.25) is 0 Å². The van der Waals surface area contributed by atoms with Crippen molar-refractivity contribution in [1.29, 1.82) is 0 Å². The minimum atomic E-state index is -0.139. The Hall–Kier alpha value is -1.66. The van der Waals surface area contributed by atoms with Gasteiger partial charge in [-0.15, -0.1) is 37.2 Å². The first kappa shape index (κ1) is 29.9. The number of anilines is 3. The molecule has 1 heterocycles. The van der Waals surface area contributed by atoms with E-state index in [2.05, 4.69) is 15.5 Å². The van der Waals surface area contributed by atoms with Crippen LogP contribution < -0.4 is 16.4 Å². The van der Waals surface area contributed by atoms with Gasteiger partial charge in [0.25, 0.3) is 5.91 Å². The second kappa shape index (κ2) is 12.5. The first-order valence-electron chi connectivity index (χ1n) is 13.3. The lowest BCUT2D eigenvalue weighted by molar-refractivity contribution is -0.0711. The van der Waals surface area contributed by atoms with Gasteiger partial charge in [-0.1, -0.05) is 18.2 Å². The minimum Gasteiger partial charge on any atom is -0.397 e. The van der Waals surface area contributed by atoms with E-state index in [1.807, 2.05) is 36.4 Å². The molecular weight excluding hydrogens is 527 g/mol. The normalized spacial score (nSPS) is 28.4. The maximum absolute atomic E-state index is 12.4. The summed E-state index contributed by atoms with van der Waals surface area (Å²) < 4.78 is 0. The number of rotatable bonds is 6. The number of nitrogens with one attached hydrogen (secondary N) is 2.